The normalized spacial score (nSPS) is 11.4. The van der Waals surface area contributed by atoms with Crippen molar-refractivity contribution in [3.05, 3.63) is 251 Å². The Hall–Kier alpha value is -9.66. The van der Waals surface area contributed by atoms with Crippen LogP contribution in [0.5, 0.6) is 0 Å². The molecule has 0 radical (unpaired) electrons. The maximum Gasteiger partial charge on any atom is 0.344 e. The predicted molar refractivity (Wildman–Crippen MR) is 326 cm³/mol. The molecule has 0 aliphatic heterocycles. The summed E-state index contributed by atoms with van der Waals surface area (Å²) in [5.74, 6) is 0. The lowest BCUT2D eigenvalue weighted by Crippen LogP contribution is -2.21. The van der Waals surface area contributed by atoms with E-state index >= 15 is 0 Å². The van der Waals surface area contributed by atoms with Gasteiger partial charge in [0.15, 0.2) is 0 Å². The SMILES string of the molecule is CCN(CC)c1ccc2cc(-c3ccc(N(c4ccc(-c5ccc(N(c6cccc7ccccc67)c6cccc7ccccc67)cc5)cc4)c4ccc(-c5cc6ccc(N(CC)CC)cc6oc5=O)cc4)cc3)c(=O)oc2c1. The van der Waals surface area contributed by atoms with Crippen molar-refractivity contribution < 1.29 is 8.83 Å². The summed E-state index contributed by atoms with van der Waals surface area (Å²) in [6.45, 7) is 11.9. The van der Waals surface area contributed by atoms with E-state index in [1.54, 1.807) is 0 Å². The lowest BCUT2D eigenvalue weighted by molar-refractivity contribution is 0.563. The van der Waals surface area contributed by atoms with Crippen molar-refractivity contribution in [3.8, 4) is 33.4 Å². The van der Waals surface area contributed by atoms with Crippen LogP contribution in [0, 0.1) is 0 Å². The maximum atomic E-state index is 13.6. The number of fused-ring (bicyclic) bond motifs is 4. The molecule has 0 fully saturated rings. The van der Waals surface area contributed by atoms with E-state index in [0.717, 1.165) is 105 Å². The van der Waals surface area contributed by atoms with Crippen molar-refractivity contribution in [2.75, 3.05) is 45.8 Å². The van der Waals surface area contributed by atoms with Crippen LogP contribution in [-0.4, -0.2) is 26.2 Å². The van der Waals surface area contributed by atoms with Crippen LogP contribution < -0.4 is 30.9 Å². The summed E-state index contributed by atoms with van der Waals surface area (Å²) in [7, 11) is 0. The summed E-state index contributed by atoms with van der Waals surface area (Å²) in [4.78, 5) is 36.3. The van der Waals surface area contributed by atoms with Crippen LogP contribution in [0.1, 0.15) is 27.7 Å². The molecule has 382 valence electrons. The van der Waals surface area contributed by atoms with E-state index in [1.807, 2.05) is 84.9 Å². The number of benzene rings is 10. The molecular formula is C70H58N4O4. The monoisotopic (exact) mass is 1020 g/mol. The van der Waals surface area contributed by atoms with Gasteiger partial charge < -0.3 is 28.4 Å². The molecule has 12 rings (SSSR count). The number of hydrogen-bond donors (Lipinski definition) is 0. The van der Waals surface area contributed by atoms with E-state index in [1.165, 1.54) is 21.5 Å². The van der Waals surface area contributed by atoms with Crippen molar-refractivity contribution in [1.82, 2.24) is 0 Å². The van der Waals surface area contributed by atoms with Gasteiger partial charge in [-0.15, -0.1) is 0 Å². The maximum absolute atomic E-state index is 13.6. The third kappa shape index (κ3) is 9.32. The summed E-state index contributed by atoms with van der Waals surface area (Å²) in [5.41, 5.74) is 13.0. The van der Waals surface area contributed by atoms with Crippen LogP contribution in [0.3, 0.4) is 0 Å². The van der Waals surface area contributed by atoms with Crippen LogP contribution in [0.4, 0.5) is 45.5 Å². The van der Waals surface area contributed by atoms with Crippen molar-refractivity contribution in [2.24, 2.45) is 0 Å². The molecule has 12 aromatic rings. The molecule has 8 heteroatoms. The summed E-state index contributed by atoms with van der Waals surface area (Å²) in [6.07, 6.45) is 0. The zero-order chi connectivity index (χ0) is 53.3. The first kappa shape index (κ1) is 49.2. The number of hydrogen-bond acceptors (Lipinski definition) is 8. The minimum atomic E-state index is -0.389. The van der Waals surface area contributed by atoms with Crippen molar-refractivity contribution >= 4 is 89.0 Å². The topological polar surface area (TPSA) is 73.4 Å². The number of anilines is 8. The molecule has 0 N–H and O–H groups in total. The molecule has 8 nitrogen and oxygen atoms in total. The highest BCUT2D eigenvalue weighted by atomic mass is 16.4. The molecule has 2 aromatic heterocycles. The molecular weight excluding hydrogens is 961 g/mol. The second kappa shape index (κ2) is 21.2. The summed E-state index contributed by atoms with van der Waals surface area (Å²) >= 11 is 0. The molecule has 0 saturated carbocycles. The fraction of sp³-hybridized carbons (Fsp3) is 0.114. The largest absolute Gasteiger partial charge is 0.422 e. The fourth-order valence-corrected chi connectivity index (χ4v) is 11.0. The van der Waals surface area contributed by atoms with Gasteiger partial charge in [-0.3, -0.25) is 0 Å². The van der Waals surface area contributed by atoms with Gasteiger partial charge in [-0.25, -0.2) is 9.59 Å². The van der Waals surface area contributed by atoms with E-state index in [0.29, 0.717) is 22.3 Å². The Labute approximate surface area is 453 Å². The van der Waals surface area contributed by atoms with Crippen LogP contribution in [0.2, 0.25) is 0 Å². The zero-order valence-corrected chi connectivity index (χ0v) is 44.2. The van der Waals surface area contributed by atoms with Gasteiger partial charge in [-0.05, 0) is 158 Å². The third-order valence-electron chi connectivity index (χ3n) is 15.2. The van der Waals surface area contributed by atoms with E-state index in [9.17, 15) is 9.59 Å². The average Bonchev–Trinajstić information content (AvgIpc) is 3.62. The molecule has 0 aliphatic carbocycles. The Balaban J connectivity index is 0.895. The molecule has 0 spiro atoms. The highest BCUT2D eigenvalue weighted by Crippen LogP contribution is 2.43. The van der Waals surface area contributed by atoms with Crippen LogP contribution >= 0.6 is 0 Å². The molecule has 0 aliphatic rings. The minimum Gasteiger partial charge on any atom is -0.422 e. The second-order valence-electron chi connectivity index (χ2n) is 19.5. The predicted octanol–water partition coefficient (Wildman–Crippen LogP) is 17.8. The first-order valence-corrected chi connectivity index (χ1v) is 26.9. The number of rotatable bonds is 15. The van der Waals surface area contributed by atoms with Gasteiger partial charge in [0.1, 0.15) is 11.2 Å². The molecule has 0 amide bonds. The lowest BCUT2D eigenvalue weighted by Gasteiger charge is -2.28. The minimum absolute atomic E-state index is 0.389. The number of nitrogens with zero attached hydrogens (tertiary/aromatic N) is 4. The molecule has 0 bridgehead atoms. The summed E-state index contributed by atoms with van der Waals surface area (Å²) < 4.78 is 11.9. The van der Waals surface area contributed by atoms with Gasteiger partial charge >= 0.3 is 11.3 Å². The van der Waals surface area contributed by atoms with Crippen LogP contribution in [-0.2, 0) is 0 Å². The Morgan fingerprint density at radius 2 is 0.641 bits per heavy atom. The quantitative estimate of drug-likeness (QED) is 0.0941. The first-order valence-electron chi connectivity index (χ1n) is 26.9. The van der Waals surface area contributed by atoms with Gasteiger partial charge in [0.05, 0.1) is 22.5 Å². The smallest absolute Gasteiger partial charge is 0.344 e. The van der Waals surface area contributed by atoms with E-state index in [-0.39, 0.29) is 11.3 Å². The third-order valence-corrected chi connectivity index (χ3v) is 15.2. The van der Waals surface area contributed by atoms with Crippen molar-refractivity contribution in [2.45, 2.75) is 27.7 Å². The summed E-state index contributed by atoms with van der Waals surface area (Å²) in [6, 6.07) is 79.5. The Bertz CT molecular complexity index is 4010. The van der Waals surface area contributed by atoms with E-state index in [2.05, 4.69) is 193 Å². The molecule has 0 saturated heterocycles. The van der Waals surface area contributed by atoms with Crippen LogP contribution in [0.15, 0.2) is 249 Å². The van der Waals surface area contributed by atoms with Gasteiger partial charge in [0, 0.05) is 94.0 Å². The second-order valence-corrected chi connectivity index (χ2v) is 19.5. The average molecular weight is 1020 g/mol. The molecule has 78 heavy (non-hydrogen) atoms. The molecule has 0 atom stereocenters. The van der Waals surface area contributed by atoms with Crippen molar-refractivity contribution in [1.29, 1.82) is 0 Å². The van der Waals surface area contributed by atoms with Gasteiger partial charge in [-0.1, -0.05) is 121 Å². The lowest BCUT2D eigenvalue weighted by atomic mass is 10.0. The van der Waals surface area contributed by atoms with Gasteiger partial charge in [0.2, 0.25) is 0 Å². The van der Waals surface area contributed by atoms with E-state index < -0.39 is 0 Å². The Kier molecular flexibility index (Phi) is 13.4. The molecule has 0 unspecified atom stereocenters. The Morgan fingerprint density at radius 3 is 1.03 bits per heavy atom. The standard InChI is InChI=1S/C70H58N4O4/c1-5-71(6-2)59-41-31-53-43-63(69(75)77-67(53)45-59)51-27-37-56(38-28-51)73(57-39-29-52(30-40-57)64-44-54-32-42-60(72(7-3)8-4)46-68(54)78-70(64)76)55-33-23-47(24-34-55)48-25-35-58(36-26-48)74(65-21-13-17-49-15-9-11-19-61(49)65)66-22-14-18-50-16-10-12-20-62(50)66/h9-46H,5-8H2,1-4H3. The molecule has 10 aromatic carbocycles. The zero-order valence-electron chi connectivity index (χ0n) is 44.2. The first-order chi connectivity index (χ1) is 38.3. The van der Waals surface area contributed by atoms with Crippen LogP contribution in [0.25, 0.3) is 76.9 Å². The Morgan fingerprint density at radius 1 is 0.308 bits per heavy atom. The van der Waals surface area contributed by atoms with Crippen molar-refractivity contribution in [3.63, 3.8) is 0 Å². The highest BCUT2D eigenvalue weighted by molar-refractivity contribution is 6.05. The fourth-order valence-electron chi connectivity index (χ4n) is 11.0. The van der Waals surface area contributed by atoms with E-state index in [4.69, 9.17) is 8.83 Å². The van der Waals surface area contributed by atoms with Gasteiger partial charge in [0.25, 0.3) is 0 Å². The highest BCUT2D eigenvalue weighted by Gasteiger charge is 2.20. The summed E-state index contributed by atoms with van der Waals surface area (Å²) in [5, 5.41) is 6.43. The van der Waals surface area contributed by atoms with Gasteiger partial charge in [-0.2, -0.15) is 0 Å². The molecule has 2 heterocycles.